The van der Waals surface area contributed by atoms with Crippen molar-refractivity contribution < 1.29 is 23.9 Å². The second-order valence-corrected chi connectivity index (χ2v) is 6.02. The van der Waals surface area contributed by atoms with Crippen molar-refractivity contribution in [1.82, 2.24) is 10.6 Å². The number of anilines is 1. The van der Waals surface area contributed by atoms with Crippen molar-refractivity contribution in [3.05, 3.63) is 53.6 Å². The molecule has 0 aliphatic heterocycles. The van der Waals surface area contributed by atoms with Gasteiger partial charge >= 0.3 is 11.8 Å². The van der Waals surface area contributed by atoms with Gasteiger partial charge in [0.2, 0.25) is 0 Å². The fourth-order valence-electron chi connectivity index (χ4n) is 2.58. The molecule has 2 aromatic carbocycles. The Balaban J connectivity index is 1.87. The van der Waals surface area contributed by atoms with E-state index in [9.17, 15) is 14.4 Å². The van der Waals surface area contributed by atoms with E-state index in [0.29, 0.717) is 31.1 Å². The van der Waals surface area contributed by atoms with Gasteiger partial charge in [-0.05, 0) is 50.1 Å². The van der Waals surface area contributed by atoms with Gasteiger partial charge in [0.15, 0.2) is 11.5 Å². The Morgan fingerprint density at radius 1 is 0.931 bits per heavy atom. The SMILES string of the molecule is CCOc1ccc(CCNC(=O)C(=O)NC(=O)c2ccccc2N)cc1OCC. The van der Waals surface area contributed by atoms with Gasteiger partial charge in [-0.2, -0.15) is 0 Å². The van der Waals surface area contributed by atoms with Crippen LogP contribution in [0.4, 0.5) is 5.69 Å². The summed E-state index contributed by atoms with van der Waals surface area (Å²) in [4.78, 5) is 35.9. The van der Waals surface area contributed by atoms with Gasteiger partial charge in [-0.15, -0.1) is 0 Å². The number of nitrogens with two attached hydrogens (primary N) is 1. The van der Waals surface area contributed by atoms with Crippen molar-refractivity contribution >= 4 is 23.4 Å². The van der Waals surface area contributed by atoms with Gasteiger partial charge in [0.25, 0.3) is 5.91 Å². The molecule has 0 radical (unpaired) electrons. The fraction of sp³-hybridized carbons (Fsp3) is 0.286. The van der Waals surface area contributed by atoms with E-state index in [-0.39, 0.29) is 17.8 Å². The lowest BCUT2D eigenvalue weighted by atomic mass is 10.1. The van der Waals surface area contributed by atoms with Gasteiger partial charge in [-0.3, -0.25) is 19.7 Å². The Morgan fingerprint density at radius 3 is 2.31 bits per heavy atom. The van der Waals surface area contributed by atoms with Crippen molar-refractivity contribution in [1.29, 1.82) is 0 Å². The van der Waals surface area contributed by atoms with E-state index in [1.807, 2.05) is 31.3 Å². The second kappa shape index (κ2) is 10.7. The molecule has 0 saturated carbocycles. The van der Waals surface area contributed by atoms with E-state index < -0.39 is 17.7 Å². The van der Waals surface area contributed by atoms with Crippen LogP contribution >= 0.6 is 0 Å². The predicted molar refractivity (Wildman–Crippen MR) is 109 cm³/mol. The van der Waals surface area contributed by atoms with Gasteiger partial charge in [0.1, 0.15) is 0 Å². The molecule has 0 spiro atoms. The molecule has 0 unspecified atom stereocenters. The lowest BCUT2D eigenvalue weighted by Gasteiger charge is -2.12. The maximum Gasteiger partial charge on any atom is 0.316 e. The van der Waals surface area contributed by atoms with Crippen LogP contribution in [0.3, 0.4) is 0 Å². The molecule has 0 atom stereocenters. The molecule has 3 amide bonds. The van der Waals surface area contributed by atoms with Crippen molar-refractivity contribution in [2.75, 3.05) is 25.5 Å². The number of carbonyl (C=O) groups is 3. The number of nitrogens with one attached hydrogen (secondary N) is 2. The Hall–Kier alpha value is -3.55. The van der Waals surface area contributed by atoms with Gasteiger partial charge in [-0.25, -0.2) is 0 Å². The Labute approximate surface area is 169 Å². The standard InChI is InChI=1S/C21H25N3O5/c1-3-28-17-10-9-14(13-18(17)29-4-2)11-12-23-20(26)21(27)24-19(25)15-7-5-6-8-16(15)22/h5-10,13H,3-4,11-12,22H2,1-2H3,(H,23,26)(H,24,25,27). The minimum Gasteiger partial charge on any atom is -0.490 e. The Morgan fingerprint density at radius 2 is 1.62 bits per heavy atom. The lowest BCUT2D eigenvalue weighted by Crippen LogP contribution is -2.43. The highest BCUT2D eigenvalue weighted by molar-refractivity contribution is 6.38. The molecule has 8 heteroatoms. The predicted octanol–water partition coefficient (Wildman–Crippen LogP) is 1.68. The van der Waals surface area contributed by atoms with Crippen LogP contribution in [0.15, 0.2) is 42.5 Å². The Bertz CT molecular complexity index is 882. The number of rotatable bonds is 8. The van der Waals surface area contributed by atoms with Crippen LogP contribution < -0.4 is 25.8 Å². The fourth-order valence-corrected chi connectivity index (χ4v) is 2.58. The molecule has 8 nitrogen and oxygen atoms in total. The second-order valence-electron chi connectivity index (χ2n) is 6.02. The molecule has 0 aromatic heterocycles. The molecule has 0 aliphatic rings. The van der Waals surface area contributed by atoms with Gasteiger partial charge < -0.3 is 20.5 Å². The summed E-state index contributed by atoms with van der Waals surface area (Å²) in [6, 6.07) is 11.8. The zero-order valence-electron chi connectivity index (χ0n) is 16.5. The largest absolute Gasteiger partial charge is 0.490 e. The molecule has 2 rings (SSSR count). The zero-order chi connectivity index (χ0) is 21.2. The highest BCUT2D eigenvalue weighted by Gasteiger charge is 2.18. The molecule has 29 heavy (non-hydrogen) atoms. The van der Waals surface area contributed by atoms with E-state index in [0.717, 1.165) is 5.56 Å². The first kappa shape index (κ1) is 21.7. The highest BCUT2D eigenvalue weighted by atomic mass is 16.5. The van der Waals surface area contributed by atoms with Gasteiger partial charge in [-0.1, -0.05) is 18.2 Å². The number of benzene rings is 2. The van der Waals surface area contributed by atoms with E-state index >= 15 is 0 Å². The molecule has 2 aromatic rings. The number of imide groups is 1. The molecule has 0 bridgehead atoms. The number of carbonyl (C=O) groups excluding carboxylic acids is 3. The van der Waals surface area contributed by atoms with Crippen LogP contribution in [0, 0.1) is 0 Å². The molecular formula is C21H25N3O5. The van der Waals surface area contributed by atoms with Crippen LogP contribution in [0.25, 0.3) is 0 Å². The molecule has 0 aliphatic carbocycles. The summed E-state index contributed by atoms with van der Waals surface area (Å²) in [5.41, 5.74) is 6.95. The smallest absolute Gasteiger partial charge is 0.316 e. The normalized spacial score (nSPS) is 10.1. The van der Waals surface area contributed by atoms with Gasteiger partial charge in [0, 0.05) is 12.2 Å². The van der Waals surface area contributed by atoms with Crippen molar-refractivity contribution in [3.63, 3.8) is 0 Å². The van der Waals surface area contributed by atoms with E-state index in [1.54, 1.807) is 18.2 Å². The molecule has 0 saturated heterocycles. The summed E-state index contributed by atoms with van der Waals surface area (Å²) in [5, 5.41) is 4.51. The Kier molecular flexibility index (Phi) is 8.02. The summed E-state index contributed by atoms with van der Waals surface area (Å²) in [7, 11) is 0. The minimum absolute atomic E-state index is 0.131. The number of nitrogen functional groups attached to an aromatic ring is 1. The molecule has 0 heterocycles. The van der Waals surface area contributed by atoms with Crippen molar-refractivity contribution in [3.8, 4) is 11.5 Å². The molecule has 4 N–H and O–H groups in total. The topological polar surface area (TPSA) is 120 Å². The van der Waals surface area contributed by atoms with Crippen molar-refractivity contribution in [2.24, 2.45) is 0 Å². The summed E-state index contributed by atoms with van der Waals surface area (Å²) in [6.07, 6.45) is 0.477. The summed E-state index contributed by atoms with van der Waals surface area (Å²) in [5.74, 6) is -1.39. The number of para-hydroxylation sites is 1. The van der Waals surface area contributed by atoms with E-state index in [1.165, 1.54) is 12.1 Å². The monoisotopic (exact) mass is 399 g/mol. The van der Waals surface area contributed by atoms with Crippen LogP contribution in [-0.2, 0) is 16.0 Å². The van der Waals surface area contributed by atoms with E-state index in [4.69, 9.17) is 15.2 Å². The van der Waals surface area contributed by atoms with Crippen LogP contribution in [-0.4, -0.2) is 37.5 Å². The average molecular weight is 399 g/mol. The van der Waals surface area contributed by atoms with Gasteiger partial charge in [0.05, 0.1) is 18.8 Å². The highest BCUT2D eigenvalue weighted by Crippen LogP contribution is 2.28. The summed E-state index contributed by atoms with van der Waals surface area (Å²) in [6.45, 7) is 5.01. The lowest BCUT2D eigenvalue weighted by molar-refractivity contribution is -0.138. The first-order chi connectivity index (χ1) is 14.0. The quantitative estimate of drug-likeness (QED) is 0.459. The molecule has 0 fully saturated rings. The first-order valence-corrected chi connectivity index (χ1v) is 9.32. The number of hydrogen-bond acceptors (Lipinski definition) is 6. The summed E-state index contributed by atoms with van der Waals surface area (Å²) < 4.78 is 11.1. The third-order valence-electron chi connectivity index (χ3n) is 3.95. The minimum atomic E-state index is -1.04. The number of hydrogen-bond donors (Lipinski definition) is 3. The average Bonchev–Trinajstić information content (AvgIpc) is 2.70. The third-order valence-corrected chi connectivity index (χ3v) is 3.95. The zero-order valence-corrected chi connectivity index (χ0v) is 16.5. The van der Waals surface area contributed by atoms with E-state index in [2.05, 4.69) is 5.32 Å². The van der Waals surface area contributed by atoms with Crippen molar-refractivity contribution in [2.45, 2.75) is 20.3 Å². The third kappa shape index (κ3) is 6.24. The van der Waals surface area contributed by atoms with Crippen LogP contribution in [0.1, 0.15) is 29.8 Å². The number of ether oxygens (including phenoxy) is 2. The molecular weight excluding hydrogens is 374 g/mol. The first-order valence-electron chi connectivity index (χ1n) is 9.32. The van der Waals surface area contributed by atoms with Crippen LogP contribution in [0.5, 0.6) is 11.5 Å². The van der Waals surface area contributed by atoms with Crippen LogP contribution in [0.2, 0.25) is 0 Å². The maximum absolute atomic E-state index is 12.0. The molecule has 154 valence electrons. The summed E-state index contributed by atoms with van der Waals surface area (Å²) >= 11 is 0. The number of amides is 3. The maximum atomic E-state index is 12.0.